The first-order chi connectivity index (χ1) is 12.2. The molecule has 0 heterocycles. The number of carbonyl (C=O) groups excluding carboxylic acids is 2. The van der Waals surface area contributed by atoms with Crippen molar-refractivity contribution < 1.29 is 33.3 Å². The minimum atomic E-state index is -0.507. The van der Waals surface area contributed by atoms with Crippen molar-refractivity contribution in [3.05, 3.63) is 35.9 Å². The van der Waals surface area contributed by atoms with Crippen LogP contribution in [0.1, 0.15) is 5.56 Å². The largest absolute Gasteiger partial charge is 0.459 e. The lowest BCUT2D eigenvalue weighted by atomic mass is 10.2. The highest BCUT2D eigenvalue weighted by Crippen LogP contribution is 2.00. The fourth-order valence-corrected chi connectivity index (χ4v) is 1.67. The van der Waals surface area contributed by atoms with Crippen molar-refractivity contribution in [2.45, 2.75) is 6.61 Å². The highest BCUT2D eigenvalue weighted by atomic mass is 16.6. The van der Waals surface area contributed by atoms with Crippen LogP contribution in [-0.2, 0) is 39.9 Å². The fraction of sp³-hybridized carbons (Fsp3) is 0.529. The van der Waals surface area contributed by atoms with Gasteiger partial charge in [-0.25, -0.2) is 4.79 Å². The molecule has 1 aromatic rings. The van der Waals surface area contributed by atoms with E-state index in [4.69, 9.17) is 29.4 Å². The van der Waals surface area contributed by atoms with Crippen molar-refractivity contribution in [3.63, 3.8) is 0 Å². The smallest absolute Gasteiger partial charge is 0.332 e. The lowest BCUT2D eigenvalue weighted by molar-refractivity contribution is -0.150. The molecule has 0 saturated carbocycles. The molecule has 0 bridgehead atoms. The highest BCUT2D eigenvalue weighted by molar-refractivity contribution is 5.74. The van der Waals surface area contributed by atoms with Crippen LogP contribution in [0.2, 0.25) is 0 Å². The number of ether oxygens (including phenoxy) is 5. The van der Waals surface area contributed by atoms with Gasteiger partial charge in [-0.1, -0.05) is 30.3 Å². The molecule has 0 spiro atoms. The van der Waals surface area contributed by atoms with Crippen LogP contribution in [-0.4, -0.2) is 64.7 Å². The summed E-state index contributed by atoms with van der Waals surface area (Å²) in [7, 11) is 0. The summed E-state index contributed by atoms with van der Waals surface area (Å²) < 4.78 is 25.6. The van der Waals surface area contributed by atoms with Crippen molar-refractivity contribution >= 4 is 11.9 Å². The Bertz CT molecular complexity index is 481. The van der Waals surface area contributed by atoms with Crippen LogP contribution in [0.15, 0.2) is 30.3 Å². The van der Waals surface area contributed by atoms with E-state index in [1.165, 1.54) is 0 Å². The molecule has 0 radical (unpaired) electrons. The molecular formula is C17H25NO7. The average molecular weight is 355 g/mol. The molecule has 0 aliphatic rings. The summed E-state index contributed by atoms with van der Waals surface area (Å²) in [6.07, 6.45) is 0. The lowest BCUT2D eigenvalue weighted by Crippen LogP contribution is -2.20. The molecule has 0 aliphatic heterocycles. The first kappa shape index (κ1) is 21.0. The van der Waals surface area contributed by atoms with E-state index in [2.05, 4.69) is 0 Å². The molecule has 0 aliphatic carbocycles. The maximum Gasteiger partial charge on any atom is 0.332 e. The first-order valence-corrected chi connectivity index (χ1v) is 7.97. The van der Waals surface area contributed by atoms with E-state index in [-0.39, 0.29) is 19.8 Å². The topological polar surface area (TPSA) is 106 Å². The molecule has 1 amide bonds. The summed E-state index contributed by atoms with van der Waals surface area (Å²) in [5, 5.41) is 0. The van der Waals surface area contributed by atoms with Crippen molar-refractivity contribution in [2.75, 3.05) is 52.9 Å². The monoisotopic (exact) mass is 355 g/mol. The lowest BCUT2D eigenvalue weighted by Gasteiger charge is -2.07. The van der Waals surface area contributed by atoms with Gasteiger partial charge in [-0.15, -0.1) is 0 Å². The summed E-state index contributed by atoms with van der Waals surface area (Å²) >= 11 is 0. The Labute approximate surface area is 147 Å². The molecule has 1 aromatic carbocycles. The summed E-state index contributed by atoms with van der Waals surface area (Å²) in [5.41, 5.74) is 5.84. The van der Waals surface area contributed by atoms with Gasteiger partial charge in [0.2, 0.25) is 5.91 Å². The van der Waals surface area contributed by atoms with E-state index < -0.39 is 11.9 Å². The molecule has 0 aromatic heterocycles. The van der Waals surface area contributed by atoms with Crippen LogP contribution in [0.3, 0.4) is 0 Å². The third-order valence-electron chi connectivity index (χ3n) is 2.82. The van der Waals surface area contributed by atoms with Gasteiger partial charge in [-0.2, -0.15) is 0 Å². The predicted octanol–water partition coefficient (Wildman–Crippen LogP) is 0.282. The molecule has 0 saturated heterocycles. The normalized spacial score (nSPS) is 10.6. The molecule has 140 valence electrons. The Morgan fingerprint density at radius 2 is 1.28 bits per heavy atom. The standard InChI is InChI=1S/C17H25NO7/c18-16(19)13-23-10-8-21-6-7-22-9-11-24-14-17(20)25-12-15-4-2-1-3-5-15/h1-5H,6-14H2,(H2,18,19). The second kappa shape index (κ2) is 14.4. The number of hydrogen-bond donors (Lipinski definition) is 1. The van der Waals surface area contributed by atoms with Crippen LogP contribution in [0, 0.1) is 0 Å². The van der Waals surface area contributed by atoms with E-state index in [0.29, 0.717) is 39.6 Å². The zero-order chi connectivity index (χ0) is 18.2. The molecule has 8 nitrogen and oxygen atoms in total. The molecular weight excluding hydrogens is 330 g/mol. The van der Waals surface area contributed by atoms with Gasteiger partial charge < -0.3 is 29.4 Å². The number of rotatable bonds is 15. The molecule has 0 unspecified atom stereocenters. The average Bonchev–Trinajstić information content (AvgIpc) is 2.61. The highest BCUT2D eigenvalue weighted by Gasteiger charge is 2.03. The first-order valence-electron chi connectivity index (χ1n) is 7.97. The van der Waals surface area contributed by atoms with Crippen LogP contribution < -0.4 is 5.73 Å². The zero-order valence-electron chi connectivity index (χ0n) is 14.2. The summed E-state index contributed by atoms with van der Waals surface area (Å²) in [6, 6.07) is 9.43. The van der Waals surface area contributed by atoms with E-state index in [1.807, 2.05) is 30.3 Å². The number of amides is 1. The van der Waals surface area contributed by atoms with Crippen LogP contribution in [0.25, 0.3) is 0 Å². The second-order valence-electron chi connectivity index (χ2n) is 4.94. The van der Waals surface area contributed by atoms with Crippen LogP contribution in [0.4, 0.5) is 0 Å². The van der Waals surface area contributed by atoms with Gasteiger partial charge in [0, 0.05) is 0 Å². The quantitative estimate of drug-likeness (QED) is 0.356. The molecule has 0 atom stereocenters. The van der Waals surface area contributed by atoms with Crippen molar-refractivity contribution in [1.82, 2.24) is 0 Å². The number of hydrogen-bond acceptors (Lipinski definition) is 7. The van der Waals surface area contributed by atoms with Gasteiger partial charge >= 0.3 is 5.97 Å². The molecule has 25 heavy (non-hydrogen) atoms. The van der Waals surface area contributed by atoms with Gasteiger partial charge in [0.05, 0.1) is 39.6 Å². The second-order valence-corrected chi connectivity index (χ2v) is 4.94. The Morgan fingerprint density at radius 1 is 0.760 bits per heavy atom. The van der Waals surface area contributed by atoms with Gasteiger partial charge in [0.15, 0.2) is 0 Å². The summed E-state index contributed by atoms with van der Waals surface area (Å²) in [6.45, 7) is 2.14. The Morgan fingerprint density at radius 3 is 1.84 bits per heavy atom. The van der Waals surface area contributed by atoms with Crippen molar-refractivity contribution in [3.8, 4) is 0 Å². The van der Waals surface area contributed by atoms with Gasteiger partial charge in [0.1, 0.15) is 19.8 Å². The van der Waals surface area contributed by atoms with Gasteiger partial charge in [0.25, 0.3) is 0 Å². The van der Waals surface area contributed by atoms with Crippen LogP contribution >= 0.6 is 0 Å². The Hall–Kier alpha value is -2.00. The van der Waals surface area contributed by atoms with Gasteiger partial charge in [-0.05, 0) is 5.56 Å². The third kappa shape index (κ3) is 13.0. The van der Waals surface area contributed by atoms with Crippen molar-refractivity contribution in [1.29, 1.82) is 0 Å². The SMILES string of the molecule is NC(=O)COCCOCCOCCOCC(=O)OCc1ccccc1. The number of carbonyl (C=O) groups is 2. The Kier molecular flexibility index (Phi) is 12.1. The number of esters is 1. The number of nitrogens with two attached hydrogens (primary N) is 1. The predicted molar refractivity (Wildman–Crippen MR) is 88.7 cm³/mol. The van der Waals surface area contributed by atoms with Crippen molar-refractivity contribution in [2.24, 2.45) is 5.73 Å². The van der Waals surface area contributed by atoms with Gasteiger partial charge in [-0.3, -0.25) is 4.79 Å². The maximum absolute atomic E-state index is 11.5. The summed E-state index contributed by atoms with van der Waals surface area (Å²) in [5.74, 6) is -0.921. The molecule has 0 fully saturated rings. The fourth-order valence-electron chi connectivity index (χ4n) is 1.67. The molecule has 8 heteroatoms. The van der Waals surface area contributed by atoms with E-state index >= 15 is 0 Å². The van der Waals surface area contributed by atoms with E-state index in [0.717, 1.165) is 5.56 Å². The number of primary amides is 1. The minimum Gasteiger partial charge on any atom is -0.459 e. The third-order valence-corrected chi connectivity index (χ3v) is 2.82. The van der Waals surface area contributed by atoms with E-state index in [1.54, 1.807) is 0 Å². The molecule has 1 rings (SSSR count). The Balaban J connectivity index is 1.82. The minimum absolute atomic E-state index is 0.106. The zero-order valence-corrected chi connectivity index (χ0v) is 14.2. The molecule has 2 N–H and O–H groups in total. The van der Waals surface area contributed by atoms with E-state index in [9.17, 15) is 9.59 Å². The summed E-state index contributed by atoms with van der Waals surface area (Å²) in [4.78, 5) is 21.9. The number of benzene rings is 1. The maximum atomic E-state index is 11.5. The van der Waals surface area contributed by atoms with Crippen LogP contribution in [0.5, 0.6) is 0 Å².